The minimum Gasteiger partial charge on any atom is -0.395 e. The van der Waals surface area contributed by atoms with Crippen LogP contribution in [0.15, 0.2) is 30.5 Å². The molecule has 0 amide bonds. The van der Waals surface area contributed by atoms with Crippen LogP contribution in [0.1, 0.15) is 35.2 Å². The van der Waals surface area contributed by atoms with Gasteiger partial charge in [0, 0.05) is 25.7 Å². The van der Waals surface area contributed by atoms with E-state index in [4.69, 9.17) is 0 Å². The van der Waals surface area contributed by atoms with Crippen molar-refractivity contribution in [1.29, 1.82) is 0 Å². The van der Waals surface area contributed by atoms with Crippen molar-refractivity contribution in [3.05, 3.63) is 52.8 Å². The average Bonchev–Trinajstić information content (AvgIpc) is 3.18. The van der Waals surface area contributed by atoms with Gasteiger partial charge in [-0.3, -0.25) is 10.00 Å². The highest BCUT2D eigenvalue weighted by molar-refractivity contribution is 5.27. The molecule has 0 spiro atoms. The summed E-state index contributed by atoms with van der Waals surface area (Å²) in [7, 11) is 0. The van der Waals surface area contributed by atoms with Crippen LogP contribution in [-0.4, -0.2) is 39.4 Å². The monoisotopic (exact) mass is 314 g/mol. The normalized spacial score (nSPS) is 18.6. The number of nitrogens with zero attached hydrogens (tertiary/aromatic N) is 2. The number of likely N-dealkylation sites (tertiary alicyclic amines) is 1. The van der Waals surface area contributed by atoms with Gasteiger partial charge in [-0.25, -0.2) is 0 Å². The highest BCUT2D eigenvalue weighted by Gasteiger charge is 2.24. The summed E-state index contributed by atoms with van der Waals surface area (Å²) in [5, 5.41) is 20.1. The van der Waals surface area contributed by atoms with Crippen LogP contribution in [0.3, 0.4) is 0 Å². The summed E-state index contributed by atoms with van der Waals surface area (Å²) in [6.45, 7) is 5.97. The van der Waals surface area contributed by atoms with Crippen molar-refractivity contribution in [2.45, 2.75) is 45.4 Å². The summed E-state index contributed by atoms with van der Waals surface area (Å²) in [6, 6.07) is 8.90. The lowest BCUT2D eigenvalue weighted by Gasteiger charge is -2.24. The Labute approximate surface area is 137 Å². The van der Waals surface area contributed by atoms with Gasteiger partial charge in [-0.1, -0.05) is 24.3 Å². The summed E-state index contributed by atoms with van der Waals surface area (Å²) in [4.78, 5) is 2.40. The Morgan fingerprint density at radius 3 is 2.87 bits per heavy atom. The zero-order chi connectivity index (χ0) is 16.1. The minimum absolute atomic E-state index is 0.263. The molecule has 1 unspecified atom stereocenters. The Morgan fingerprint density at radius 2 is 2.13 bits per heavy atom. The number of hydrogen-bond acceptors (Lipinski definition) is 4. The molecule has 1 atom stereocenters. The number of aliphatic hydroxyl groups excluding tert-OH is 1. The molecule has 1 aliphatic rings. The van der Waals surface area contributed by atoms with E-state index in [9.17, 15) is 5.11 Å². The van der Waals surface area contributed by atoms with Gasteiger partial charge in [0.25, 0.3) is 0 Å². The number of aromatic nitrogens is 2. The van der Waals surface area contributed by atoms with Gasteiger partial charge in [0.2, 0.25) is 0 Å². The molecule has 124 valence electrons. The Morgan fingerprint density at radius 1 is 1.30 bits per heavy atom. The standard InChI is InChI=1S/C18H26N4O/c1-14-9-20-21-18(14)11-19-10-15-5-2-3-6-16(15)12-22-8-4-7-17(22)13-23/h2-3,5-6,9,17,19,23H,4,7-8,10-13H2,1H3,(H,20,21). The molecule has 3 rings (SSSR count). The molecule has 2 heterocycles. The molecule has 2 aromatic rings. The Kier molecular flexibility index (Phi) is 5.43. The predicted molar refractivity (Wildman–Crippen MR) is 90.8 cm³/mol. The van der Waals surface area contributed by atoms with Crippen LogP contribution in [0.5, 0.6) is 0 Å². The molecule has 1 aliphatic heterocycles. The number of rotatable bonds is 7. The molecule has 0 radical (unpaired) electrons. The maximum Gasteiger partial charge on any atom is 0.0587 e. The number of benzene rings is 1. The topological polar surface area (TPSA) is 64.2 Å². The van der Waals surface area contributed by atoms with Crippen LogP contribution in [0, 0.1) is 6.92 Å². The van der Waals surface area contributed by atoms with Gasteiger partial charge < -0.3 is 10.4 Å². The van der Waals surface area contributed by atoms with E-state index in [1.807, 2.05) is 6.20 Å². The first-order valence-electron chi connectivity index (χ1n) is 8.39. The van der Waals surface area contributed by atoms with Gasteiger partial charge >= 0.3 is 0 Å². The highest BCUT2D eigenvalue weighted by Crippen LogP contribution is 2.21. The second kappa shape index (κ2) is 7.73. The van der Waals surface area contributed by atoms with E-state index in [1.54, 1.807) is 0 Å². The van der Waals surface area contributed by atoms with Gasteiger partial charge in [-0.15, -0.1) is 0 Å². The summed E-state index contributed by atoms with van der Waals surface area (Å²) in [5.41, 5.74) is 5.01. The van der Waals surface area contributed by atoms with Crippen molar-refractivity contribution in [2.24, 2.45) is 0 Å². The molecule has 0 saturated carbocycles. The fourth-order valence-electron chi connectivity index (χ4n) is 3.29. The molecule has 0 bridgehead atoms. The SMILES string of the molecule is Cc1cn[nH]c1CNCc1ccccc1CN1CCCC1CO. The lowest BCUT2D eigenvalue weighted by Crippen LogP contribution is -2.32. The van der Waals surface area contributed by atoms with Gasteiger partial charge in [-0.05, 0) is 43.0 Å². The molecule has 3 N–H and O–H groups in total. The summed E-state index contributed by atoms with van der Waals surface area (Å²) < 4.78 is 0. The van der Waals surface area contributed by atoms with Crippen molar-refractivity contribution < 1.29 is 5.11 Å². The zero-order valence-electron chi connectivity index (χ0n) is 13.8. The lowest BCUT2D eigenvalue weighted by atomic mass is 10.1. The second-order valence-corrected chi connectivity index (χ2v) is 6.35. The van der Waals surface area contributed by atoms with E-state index in [1.165, 1.54) is 23.1 Å². The average molecular weight is 314 g/mol. The van der Waals surface area contributed by atoms with E-state index in [0.29, 0.717) is 6.04 Å². The number of aryl methyl sites for hydroxylation is 1. The Balaban J connectivity index is 1.60. The molecule has 23 heavy (non-hydrogen) atoms. The third-order valence-electron chi connectivity index (χ3n) is 4.75. The van der Waals surface area contributed by atoms with Crippen LogP contribution in [0.2, 0.25) is 0 Å². The molecule has 5 heteroatoms. The Hall–Kier alpha value is -1.69. The molecule has 1 saturated heterocycles. The summed E-state index contributed by atoms with van der Waals surface area (Å²) >= 11 is 0. The van der Waals surface area contributed by atoms with Gasteiger partial charge in [0.1, 0.15) is 0 Å². The predicted octanol–water partition coefficient (Wildman–Crippen LogP) is 1.96. The van der Waals surface area contributed by atoms with Crippen LogP contribution < -0.4 is 5.32 Å². The fourth-order valence-corrected chi connectivity index (χ4v) is 3.29. The van der Waals surface area contributed by atoms with Gasteiger partial charge in [0.15, 0.2) is 0 Å². The third-order valence-corrected chi connectivity index (χ3v) is 4.75. The first-order valence-corrected chi connectivity index (χ1v) is 8.39. The first-order chi connectivity index (χ1) is 11.3. The highest BCUT2D eigenvalue weighted by atomic mass is 16.3. The molecular formula is C18H26N4O. The minimum atomic E-state index is 0.263. The lowest BCUT2D eigenvalue weighted by molar-refractivity contribution is 0.153. The van der Waals surface area contributed by atoms with Crippen molar-refractivity contribution in [2.75, 3.05) is 13.2 Å². The fraction of sp³-hybridized carbons (Fsp3) is 0.500. The van der Waals surface area contributed by atoms with E-state index in [-0.39, 0.29) is 6.61 Å². The van der Waals surface area contributed by atoms with Crippen LogP contribution in [-0.2, 0) is 19.6 Å². The number of aliphatic hydroxyl groups is 1. The molecular weight excluding hydrogens is 288 g/mol. The largest absolute Gasteiger partial charge is 0.395 e. The maximum absolute atomic E-state index is 9.49. The summed E-state index contributed by atoms with van der Waals surface area (Å²) in [6.07, 6.45) is 4.15. The van der Waals surface area contributed by atoms with Crippen LogP contribution >= 0.6 is 0 Å². The van der Waals surface area contributed by atoms with Gasteiger partial charge in [0.05, 0.1) is 18.5 Å². The first kappa shape index (κ1) is 16.2. The maximum atomic E-state index is 9.49. The van der Waals surface area contributed by atoms with E-state index in [2.05, 4.69) is 51.6 Å². The third kappa shape index (κ3) is 3.99. The number of aromatic amines is 1. The Bertz CT molecular complexity index is 625. The van der Waals surface area contributed by atoms with Gasteiger partial charge in [-0.2, -0.15) is 5.10 Å². The van der Waals surface area contributed by atoms with E-state index >= 15 is 0 Å². The molecule has 0 aliphatic carbocycles. The van der Waals surface area contributed by atoms with Crippen molar-refractivity contribution in [3.63, 3.8) is 0 Å². The molecule has 1 aromatic heterocycles. The van der Waals surface area contributed by atoms with Crippen LogP contribution in [0.25, 0.3) is 0 Å². The number of nitrogens with one attached hydrogen (secondary N) is 2. The second-order valence-electron chi connectivity index (χ2n) is 6.35. The molecule has 1 fully saturated rings. The van der Waals surface area contributed by atoms with Crippen molar-refractivity contribution >= 4 is 0 Å². The van der Waals surface area contributed by atoms with Crippen molar-refractivity contribution in [1.82, 2.24) is 20.4 Å². The number of H-pyrrole nitrogens is 1. The smallest absolute Gasteiger partial charge is 0.0587 e. The quantitative estimate of drug-likeness (QED) is 0.731. The summed E-state index contributed by atoms with van der Waals surface area (Å²) in [5.74, 6) is 0. The zero-order valence-corrected chi connectivity index (χ0v) is 13.8. The van der Waals surface area contributed by atoms with Crippen LogP contribution in [0.4, 0.5) is 0 Å². The van der Waals surface area contributed by atoms with E-state index < -0.39 is 0 Å². The molecule has 5 nitrogen and oxygen atoms in total. The van der Waals surface area contributed by atoms with E-state index in [0.717, 1.165) is 38.3 Å². The molecule has 1 aromatic carbocycles. The number of hydrogen-bond donors (Lipinski definition) is 3. The van der Waals surface area contributed by atoms with Crippen molar-refractivity contribution in [3.8, 4) is 0 Å².